The van der Waals surface area contributed by atoms with Crippen LogP contribution in [0.4, 0.5) is 4.39 Å². The Bertz CT molecular complexity index is 577. The lowest BCUT2D eigenvalue weighted by Crippen LogP contribution is -2.55. The van der Waals surface area contributed by atoms with Crippen molar-refractivity contribution in [2.45, 2.75) is 31.1 Å². The summed E-state index contributed by atoms with van der Waals surface area (Å²) in [6, 6.07) is 5.94. The van der Waals surface area contributed by atoms with Gasteiger partial charge in [0.05, 0.1) is 5.25 Å². The molecule has 0 aromatic heterocycles. The number of amides is 2. The Balaban J connectivity index is 0.00000312. The monoisotopic (exact) mass is 389 g/mol. The van der Waals surface area contributed by atoms with E-state index in [-0.39, 0.29) is 35.3 Å². The van der Waals surface area contributed by atoms with Gasteiger partial charge in [-0.25, -0.2) is 4.39 Å². The Morgan fingerprint density at radius 3 is 2.76 bits per heavy atom. The summed E-state index contributed by atoms with van der Waals surface area (Å²) < 4.78 is 13.7. The second kappa shape index (κ2) is 11.3. The third kappa shape index (κ3) is 6.84. The van der Waals surface area contributed by atoms with Gasteiger partial charge in [0.25, 0.3) is 0 Å². The summed E-state index contributed by atoms with van der Waals surface area (Å²) in [5.74, 6) is -0.179. The van der Waals surface area contributed by atoms with Crippen LogP contribution in [0.3, 0.4) is 0 Å². The average molecular weight is 390 g/mol. The largest absolute Gasteiger partial charge is 0.353 e. The van der Waals surface area contributed by atoms with Gasteiger partial charge in [0.2, 0.25) is 11.8 Å². The molecule has 2 unspecified atom stereocenters. The molecule has 1 saturated heterocycles. The molecule has 1 fully saturated rings. The maximum absolute atomic E-state index is 13.7. The van der Waals surface area contributed by atoms with Gasteiger partial charge in [-0.1, -0.05) is 25.1 Å². The van der Waals surface area contributed by atoms with Crippen molar-refractivity contribution in [3.8, 4) is 0 Å². The first kappa shape index (κ1) is 21.7. The Morgan fingerprint density at radius 2 is 2.08 bits per heavy atom. The molecule has 0 bridgehead atoms. The third-order valence-corrected chi connectivity index (χ3v) is 5.09. The van der Waals surface area contributed by atoms with Crippen molar-refractivity contribution < 1.29 is 14.0 Å². The second-order valence-corrected chi connectivity index (χ2v) is 6.96. The summed E-state index contributed by atoms with van der Waals surface area (Å²) in [5, 5.41) is 8.39. The molecule has 140 valence electrons. The molecular weight excluding hydrogens is 365 g/mol. The van der Waals surface area contributed by atoms with E-state index in [9.17, 15) is 14.0 Å². The topological polar surface area (TPSA) is 70.2 Å². The molecule has 5 nitrogen and oxygen atoms in total. The van der Waals surface area contributed by atoms with Gasteiger partial charge in [-0.3, -0.25) is 9.59 Å². The van der Waals surface area contributed by atoms with Crippen molar-refractivity contribution in [1.29, 1.82) is 0 Å². The minimum atomic E-state index is -0.523. The van der Waals surface area contributed by atoms with Gasteiger partial charge >= 0.3 is 0 Å². The van der Waals surface area contributed by atoms with Crippen LogP contribution in [-0.2, 0) is 16.0 Å². The molecule has 1 aliphatic rings. The van der Waals surface area contributed by atoms with E-state index in [1.165, 1.54) is 17.8 Å². The molecule has 0 radical (unpaired) electrons. The normalized spacial score (nSPS) is 19.7. The molecule has 0 saturated carbocycles. The highest BCUT2D eigenvalue weighted by Crippen LogP contribution is 2.23. The Labute approximate surface area is 158 Å². The summed E-state index contributed by atoms with van der Waals surface area (Å²) >= 11 is 1.40. The number of hydrogen-bond donors (Lipinski definition) is 3. The molecule has 1 aliphatic heterocycles. The Hall–Kier alpha value is -1.31. The smallest absolute Gasteiger partial charge is 0.243 e. The minimum Gasteiger partial charge on any atom is -0.353 e. The molecular formula is C17H25ClFN3O2S. The maximum Gasteiger partial charge on any atom is 0.243 e. The van der Waals surface area contributed by atoms with Crippen LogP contribution in [0.15, 0.2) is 24.3 Å². The zero-order valence-electron chi connectivity index (χ0n) is 14.2. The van der Waals surface area contributed by atoms with Crippen LogP contribution in [0.5, 0.6) is 0 Å². The summed E-state index contributed by atoms with van der Waals surface area (Å²) in [4.78, 5) is 24.3. The van der Waals surface area contributed by atoms with Gasteiger partial charge in [-0.15, -0.1) is 24.2 Å². The maximum atomic E-state index is 13.7. The molecule has 2 rings (SSSR count). The lowest BCUT2D eigenvalue weighted by molar-refractivity contribution is -0.128. The van der Waals surface area contributed by atoms with E-state index in [4.69, 9.17) is 0 Å². The van der Waals surface area contributed by atoms with Crippen LogP contribution in [0.2, 0.25) is 0 Å². The number of thioether (sulfide) groups is 1. The van der Waals surface area contributed by atoms with Crippen molar-refractivity contribution in [3.05, 3.63) is 35.6 Å². The number of halogens is 2. The molecule has 0 spiro atoms. The van der Waals surface area contributed by atoms with Crippen LogP contribution >= 0.6 is 24.2 Å². The first-order valence-electron chi connectivity index (χ1n) is 8.25. The molecule has 1 aromatic carbocycles. The van der Waals surface area contributed by atoms with Gasteiger partial charge in [0, 0.05) is 18.8 Å². The van der Waals surface area contributed by atoms with Gasteiger partial charge in [-0.2, -0.15) is 0 Å². The molecule has 0 aliphatic carbocycles. The molecule has 2 amide bonds. The van der Waals surface area contributed by atoms with E-state index in [0.717, 1.165) is 13.0 Å². The van der Waals surface area contributed by atoms with E-state index in [1.54, 1.807) is 18.2 Å². The van der Waals surface area contributed by atoms with Crippen LogP contribution in [-0.4, -0.2) is 48.5 Å². The van der Waals surface area contributed by atoms with E-state index >= 15 is 0 Å². The Morgan fingerprint density at radius 1 is 1.32 bits per heavy atom. The fourth-order valence-electron chi connectivity index (χ4n) is 2.45. The highest BCUT2D eigenvalue weighted by Gasteiger charge is 2.32. The SMILES string of the molecule is CCCNCCNC(=O)C1CSC(Cc2ccccc2F)C(=O)N1.Cl. The van der Waals surface area contributed by atoms with Crippen molar-refractivity contribution in [3.63, 3.8) is 0 Å². The molecule has 3 N–H and O–H groups in total. The van der Waals surface area contributed by atoms with Gasteiger partial charge in [0.1, 0.15) is 11.9 Å². The number of nitrogens with one attached hydrogen (secondary N) is 3. The minimum absolute atomic E-state index is 0. The number of carbonyl (C=O) groups excluding carboxylic acids is 2. The number of hydrogen-bond acceptors (Lipinski definition) is 4. The molecule has 2 atom stereocenters. The fraction of sp³-hybridized carbons (Fsp3) is 0.529. The van der Waals surface area contributed by atoms with Crippen molar-refractivity contribution >= 4 is 36.0 Å². The lowest BCUT2D eigenvalue weighted by Gasteiger charge is -2.28. The highest BCUT2D eigenvalue weighted by atomic mass is 35.5. The van der Waals surface area contributed by atoms with E-state index in [2.05, 4.69) is 22.9 Å². The number of rotatable bonds is 8. The average Bonchev–Trinajstić information content (AvgIpc) is 2.58. The summed E-state index contributed by atoms with van der Waals surface area (Å²) in [6.07, 6.45) is 1.38. The van der Waals surface area contributed by atoms with Crippen LogP contribution in [0.1, 0.15) is 18.9 Å². The van der Waals surface area contributed by atoms with Crippen molar-refractivity contribution in [1.82, 2.24) is 16.0 Å². The standard InChI is InChI=1S/C17H24FN3O2S.ClH/c1-2-7-19-8-9-20-16(22)14-11-24-15(17(23)21-14)10-12-5-3-4-6-13(12)18;/h3-6,14-15,19H,2,7-11H2,1H3,(H,20,22)(H,21,23);1H. The quantitative estimate of drug-likeness (QED) is 0.589. The van der Waals surface area contributed by atoms with Crippen LogP contribution in [0.25, 0.3) is 0 Å². The Kier molecular flexibility index (Phi) is 9.85. The predicted molar refractivity (Wildman–Crippen MR) is 102 cm³/mol. The third-order valence-electron chi connectivity index (χ3n) is 3.78. The molecule has 8 heteroatoms. The second-order valence-electron chi connectivity index (χ2n) is 5.72. The van der Waals surface area contributed by atoms with E-state index in [1.807, 2.05) is 0 Å². The molecule has 25 heavy (non-hydrogen) atoms. The van der Waals surface area contributed by atoms with Crippen LogP contribution in [0, 0.1) is 5.82 Å². The first-order valence-corrected chi connectivity index (χ1v) is 9.30. The highest BCUT2D eigenvalue weighted by molar-refractivity contribution is 8.00. The number of carbonyl (C=O) groups is 2. The number of benzene rings is 1. The van der Waals surface area contributed by atoms with Crippen LogP contribution < -0.4 is 16.0 Å². The predicted octanol–water partition coefficient (Wildman–Crippen LogP) is 1.51. The summed E-state index contributed by atoms with van der Waals surface area (Å²) in [7, 11) is 0. The van der Waals surface area contributed by atoms with Gasteiger partial charge < -0.3 is 16.0 Å². The summed E-state index contributed by atoms with van der Waals surface area (Å²) in [5.41, 5.74) is 0.523. The zero-order valence-corrected chi connectivity index (χ0v) is 15.9. The molecule has 1 heterocycles. The first-order chi connectivity index (χ1) is 11.6. The van der Waals surface area contributed by atoms with Crippen molar-refractivity contribution in [2.75, 3.05) is 25.4 Å². The van der Waals surface area contributed by atoms with Gasteiger partial charge in [-0.05, 0) is 31.0 Å². The lowest BCUT2D eigenvalue weighted by atomic mass is 10.1. The zero-order chi connectivity index (χ0) is 17.4. The van der Waals surface area contributed by atoms with E-state index in [0.29, 0.717) is 30.8 Å². The summed E-state index contributed by atoms with van der Waals surface area (Å²) in [6.45, 7) is 4.25. The van der Waals surface area contributed by atoms with Gasteiger partial charge in [0.15, 0.2) is 0 Å². The fourth-order valence-corrected chi connectivity index (χ4v) is 3.63. The van der Waals surface area contributed by atoms with E-state index < -0.39 is 6.04 Å². The molecule has 1 aromatic rings. The van der Waals surface area contributed by atoms with Crippen molar-refractivity contribution in [2.24, 2.45) is 0 Å².